The molecule has 5 rings (SSSR count). The van der Waals surface area contributed by atoms with E-state index in [2.05, 4.69) is 11.0 Å². The zero-order valence-electron chi connectivity index (χ0n) is 18.8. The van der Waals surface area contributed by atoms with E-state index in [1.54, 1.807) is 7.11 Å². The normalized spacial score (nSPS) is 32.8. The van der Waals surface area contributed by atoms with Crippen LogP contribution < -0.4 is 4.74 Å². The van der Waals surface area contributed by atoms with Crippen molar-refractivity contribution < 1.29 is 24.4 Å². The first kappa shape index (κ1) is 21.5. The fourth-order valence-electron chi connectivity index (χ4n) is 6.84. The van der Waals surface area contributed by atoms with Crippen molar-refractivity contribution >= 4 is 0 Å². The summed E-state index contributed by atoms with van der Waals surface area (Å²) in [6.07, 6.45) is 9.64. The van der Waals surface area contributed by atoms with Gasteiger partial charge in [0.2, 0.25) is 0 Å². The third-order valence-corrected chi connectivity index (χ3v) is 8.62. The summed E-state index contributed by atoms with van der Waals surface area (Å²) < 4.78 is 16.2. The summed E-state index contributed by atoms with van der Waals surface area (Å²) >= 11 is 0. The van der Waals surface area contributed by atoms with Crippen molar-refractivity contribution in [2.45, 2.75) is 74.8 Å². The molecule has 0 radical (unpaired) electrons. The van der Waals surface area contributed by atoms with Gasteiger partial charge in [-0.3, -0.25) is 4.90 Å². The average Bonchev–Trinajstić information content (AvgIpc) is 2.72. The Morgan fingerprint density at radius 2 is 1.94 bits per heavy atom. The number of ether oxygens (including phenoxy) is 3. The van der Waals surface area contributed by atoms with E-state index in [0.717, 1.165) is 63.1 Å². The molecule has 2 N–H and O–H groups in total. The number of piperidine rings is 1. The molecule has 2 saturated carbocycles. The summed E-state index contributed by atoms with van der Waals surface area (Å²) in [5, 5.41) is 23.6. The highest BCUT2D eigenvalue weighted by atomic mass is 16.7. The van der Waals surface area contributed by atoms with Gasteiger partial charge in [0.15, 0.2) is 18.3 Å². The topological polar surface area (TPSA) is 71.4 Å². The summed E-state index contributed by atoms with van der Waals surface area (Å²) in [4.78, 5) is 2.58. The molecule has 6 heteroatoms. The average molecular weight is 432 g/mol. The first-order valence-electron chi connectivity index (χ1n) is 12.1. The number of methoxy groups -OCH3 is 1. The summed E-state index contributed by atoms with van der Waals surface area (Å²) in [7, 11) is 1.63. The predicted octanol–water partition coefficient (Wildman–Crippen LogP) is 3.36. The lowest BCUT2D eigenvalue weighted by Gasteiger charge is -2.64. The van der Waals surface area contributed by atoms with Crippen LogP contribution >= 0.6 is 0 Å². The highest BCUT2D eigenvalue weighted by Gasteiger charge is 2.64. The molecule has 0 unspecified atom stereocenters. The lowest BCUT2D eigenvalue weighted by Crippen LogP contribution is -2.72. The number of aliphatic hydroxyl groups is 1. The Labute approximate surface area is 185 Å². The van der Waals surface area contributed by atoms with Crippen LogP contribution in [0.2, 0.25) is 0 Å². The molecule has 1 aromatic carbocycles. The number of fused-ring (bicyclic) bond motifs is 1. The Morgan fingerprint density at radius 1 is 1.10 bits per heavy atom. The minimum Gasteiger partial charge on any atom is -0.504 e. The third-order valence-electron chi connectivity index (χ3n) is 8.62. The van der Waals surface area contributed by atoms with Gasteiger partial charge in [-0.05, 0) is 62.6 Å². The zero-order valence-corrected chi connectivity index (χ0v) is 18.8. The van der Waals surface area contributed by atoms with Crippen molar-refractivity contribution in [3.63, 3.8) is 0 Å². The van der Waals surface area contributed by atoms with Gasteiger partial charge in [0.25, 0.3) is 0 Å². The first-order valence-corrected chi connectivity index (χ1v) is 12.1. The molecule has 1 aromatic rings. The summed E-state index contributed by atoms with van der Waals surface area (Å²) in [5.74, 6) is 1.45. The molecule has 1 saturated heterocycles. The van der Waals surface area contributed by atoms with Gasteiger partial charge in [-0.25, -0.2) is 0 Å². The van der Waals surface area contributed by atoms with Gasteiger partial charge in [-0.2, -0.15) is 0 Å². The molecule has 172 valence electrons. The maximum absolute atomic E-state index is 12.2. The van der Waals surface area contributed by atoms with Gasteiger partial charge in [0.05, 0.1) is 18.8 Å². The quantitative estimate of drug-likeness (QED) is 0.486. The van der Waals surface area contributed by atoms with E-state index in [1.165, 1.54) is 24.8 Å². The molecule has 3 fully saturated rings. The van der Waals surface area contributed by atoms with E-state index < -0.39 is 5.60 Å². The van der Waals surface area contributed by atoms with Crippen molar-refractivity contribution in [3.8, 4) is 11.5 Å². The van der Waals surface area contributed by atoms with Crippen LogP contribution in [0.4, 0.5) is 0 Å². The summed E-state index contributed by atoms with van der Waals surface area (Å²) in [6.45, 7) is 3.15. The van der Waals surface area contributed by atoms with E-state index >= 15 is 0 Å². The minimum absolute atomic E-state index is 0.0742. The molecule has 2 bridgehead atoms. The highest BCUT2D eigenvalue weighted by Crippen LogP contribution is 2.61. The first-order chi connectivity index (χ1) is 15.1. The number of rotatable bonds is 8. The van der Waals surface area contributed by atoms with Crippen LogP contribution in [0.25, 0.3) is 0 Å². The van der Waals surface area contributed by atoms with Crippen molar-refractivity contribution in [1.29, 1.82) is 0 Å². The molecule has 1 heterocycles. The van der Waals surface area contributed by atoms with Gasteiger partial charge < -0.3 is 24.4 Å². The number of phenols is 1. The van der Waals surface area contributed by atoms with Crippen LogP contribution in [-0.2, 0) is 21.3 Å². The van der Waals surface area contributed by atoms with Crippen molar-refractivity contribution in [2.24, 2.45) is 5.92 Å². The van der Waals surface area contributed by atoms with Gasteiger partial charge in [-0.1, -0.05) is 25.3 Å². The number of likely N-dealkylation sites (tertiary alicyclic amines) is 1. The number of hydrogen-bond acceptors (Lipinski definition) is 6. The smallest absolute Gasteiger partial charge is 0.189 e. The van der Waals surface area contributed by atoms with Crippen molar-refractivity contribution in [3.05, 3.63) is 23.3 Å². The van der Waals surface area contributed by atoms with Crippen LogP contribution in [0, 0.1) is 5.92 Å². The Bertz CT molecular complexity index is 796. The molecule has 4 aliphatic rings. The monoisotopic (exact) mass is 431 g/mol. The number of benzene rings is 1. The molecule has 6 nitrogen and oxygen atoms in total. The van der Waals surface area contributed by atoms with E-state index in [4.69, 9.17) is 14.2 Å². The molecular weight excluding hydrogens is 394 g/mol. The molecule has 1 aliphatic heterocycles. The Kier molecular flexibility index (Phi) is 5.93. The van der Waals surface area contributed by atoms with Gasteiger partial charge in [0, 0.05) is 30.7 Å². The SMILES string of the molecule is COCCOCOc1ccc2c(c1O)[C@@]13CCCC[C@@]1(O)[C@@H](C2)N(CC1CCC1)CC3. The van der Waals surface area contributed by atoms with Crippen molar-refractivity contribution in [1.82, 2.24) is 4.90 Å². The van der Waals surface area contributed by atoms with Crippen LogP contribution in [0.3, 0.4) is 0 Å². The second-order valence-corrected chi connectivity index (χ2v) is 10.1. The van der Waals surface area contributed by atoms with Crippen LogP contribution in [0.5, 0.6) is 11.5 Å². The summed E-state index contributed by atoms with van der Waals surface area (Å²) in [5.41, 5.74) is 0.981. The summed E-state index contributed by atoms with van der Waals surface area (Å²) in [6, 6.07) is 4.12. The molecule has 0 amide bonds. The second kappa shape index (κ2) is 8.54. The fourth-order valence-corrected chi connectivity index (χ4v) is 6.84. The number of aromatic hydroxyl groups is 1. The predicted molar refractivity (Wildman–Crippen MR) is 118 cm³/mol. The number of nitrogens with zero attached hydrogens (tertiary/aromatic N) is 1. The maximum Gasteiger partial charge on any atom is 0.189 e. The zero-order chi connectivity index (χ0) is 21.5. The molecular formula is C25H37NO5. The van der Waals surface area contributed by atoms with Crippen LogP contribution in [-0.4, -0.2) is 67.0 Å². The van der Waals surface area contributed by atoms with Crippen LogP contribution in [0.15, 0.2) is 12.1 Å². The largest absolute Gasteiger partial charge is 0.504 e. The van der Waals surface area contributed by atoms with E-state index in [0.29, 0.717) is 19.0 Å². The maximum atomic E-state index is 12.2. The lowest BCUT2D eigenvalue weighted by molar-refractivity contribution is -0.169. The number of phenolic OH excluding ortho intramolecular Hbond substituents is 1. The van der Waals surface area contributed by atoms with Crippen LogP contribution in [0.1, 0.15) is 62.5 Å². The molecule has 0 aromatic heterocycles. The van der Waals surface area contributed by atoms with Gasteiger partial charge in [0.1, 0.15) is 0 Å². The van der Waals surface area contributed by atoms with E-state index in [9.17, 15) is 10.2 Å². The molecule has 31 heavy (non-hydrogen) atoms. The second-order valence-electron chi connectivity index (χ2n) is 10.1. The molecule has 0 spiro atoms. The van der Waals surface area contributed by atoms with Gasteiger partial charge >= 0.3 is 0 Å². The van der Waals surface area contributed by atoms with E-state index in [1.807, 2.05) is 6.07 Å². The molecule has 3 aliphatic carbocycles. The van der Waals surface area contributed by atoms with Crippen molar-refractivity contribution in [2.75, 3.05) is 40.2 Å². The highest BCUT2D eigenvalue weighted by molar-refractivity contribution is 5.58. The Morgan fingerprint density at radius 3 is 2.71 bits per heavy atom. The Hall–Kier alpha value is -1.34. The lowest BCUT2D eigenvalue weighted by atomic mass is 9.49. The fraction of sp³-hybridized carbons (Fsp3) is 0.760. The standard InChI is InChI=1S/C25H37NO5/c1-29-13-14-30-17-31-20-8-7-19-15-21-25(28)10-3-2-9-24(25,22(19)23(20)27)11-12-26(21)16-18-5-4-6-18/h7-8,18,21,27-28H,2-6,9-17H2,1H3/t21-,24+,25-/m1/s1. The Balaban J connectivity index is 1.45. The molecule has 3 atom stereocenters. The minimum atomic E-state index is -0.773. The third kappa shape index (κ3) is 3.47. The van der Waals surface area contributed by atoms with E-state index in [-0.39, 0.29) is 24.0 Å². The van der Waals surface area contributed by atoms with Gasteiger partial charge in [-0.15, -0.1) is 0 Å². The number of hydrogen-bond donors (Lipinski definition) is 2.